The predicted molar refractivity (Wildman–Crippen MR) is 111 cm³/mol. The number of rotatable bonds is 6. The lowest BCUT2D eigenvalue weighted by atomic mass is 9.48. The van der Waals surface area contributed by atoms with Crippen LogP contribution in [0.25, 0.3) is 0 Å². The maximum absolute atomic E-state index is 8.88. The van der Waals surface area contributed by atoms with Crippen molar-refractivity contribution < 1.29 is 9.84 Å². The predicted octanol–water partition coefficient (Wildman–Crippen LogP) is 5.76. The molecule has 5 rings (SSSR count). The molecule has 0 amide bonds. The standard InChI is InChI=1S/C14H14O.C11H18O/c1-3-7-13(8-4-1)11-15-12-14-9-5-2-6-10-14;1-11(2)9-4-3-8(5-6-12)10(11)7-9/h1-10H,11-12H2;3,9-10,12H,4-7H2,1-2H3. The van der Waals surface area contributed by atoms with E-state index < -0.39 is 0 Å². The van der Waals surface area contributed by atoms with Gasteiger partial charge in [-0.25, -0.2) is 0 Å². The lowest BCUT2D eigenvalue weighted by molar-refractivity contribution is -0.00943. The molecule has 27 heavy (non-hydrogen) atoms. The summed E-state index contributed by atoms with van der Waals surface area (Å²) in [6, 6.07) is 20.4. The van der Waals surface area contributed by atoms with Gasteiger partial charge in [0.1, 0.15) is 0 Å². The third-order valence-electron chi connectivity index (χ3n) is 6.21. The van der Waals surface area contributed by atoms with Crippen molar-refractivity contribution in [2.24, 2.45) is 17.3 Å². The van der Waals surface area contributed by atoms with E-state index in [0.717, 1.165) is 18.3 Å². The van der Waals surface area contributed by atoms with Crippen LogP contribution in [-0.2, 0) is 18.0 Å². The summed E-state index contributed by atoms with van der Waals surface area (Å²) in [4.78, 5) is 0. The fourth-order valence-corrected chi connectivity index (χ4v) is 4.32. The molecule has 0 spiro atoms. The summed E-state index contributed by atoms with van der Waals surface area (Å²) in [6.45, 7) is 6.42. The first kappa shape index (κ1) is 19.9. The lowest BCUT2D eigenvalue weighted by Gasteiger charge is -2.56. The first-order valence-corrected chi connectivity index (χ1v) is 10.1. The summed E-state index contributed by atoms with van der Waals surface area (Å²) in [5.74, 6) is 1.70. The summed E-state index contributed by atoms with van der Waals surface area (Å²) < 4.78 is 5.61. The second-order valence-electron chi connectivity index (χ2n) is 8.26. The topological polar surface area (TPSA) is 29.5 Å². The van der Waals surface area contributed by atoms with Crippen molar-refractivity contribution in [3.63, 3.8) is 0 Å². The summed E-state index contributed by atoms with van der Waals surface area (Å²) in [6.07, 6.45) is 5.89. The zero-order valence-corrected chi connectivity index (χ0v) is 16.6. The van der Waals surface area contributed by atoms with Gasteiger partial charge in [0.15, 0.2) is 0 Å². The minimum atomic E-state index is 0.322. The number of ether oxygens (including phenoxy) is 1. The van der Waals surface area contributed by atoms with Crippen LogP contribution in [0.4, 0.5) is 0 Å². The molecule has 0 aromatic heterocycles. The van der Waals surface area contributed by atoms with E-state index in [4.69, 9.17) is 9.84 Å². The van der Waals surface area contributed by atoms with Crippen LogP contribution in [0, 0.1) is 17.3 Å². The molecule has 0 radical (unpaired) electrons. The van der Waals surface area contributed by atoms with Crippen LogP contribution in [-0.4, -0.2) is 11.7 Å². The number of hydrogen-bond acceptors (Lipinski definition) is 2. The van der Waals surface area contributed by atoms with Gasteiger partial charge in [-0.3, -0.25) is 0 Å². The lowest BCUT2D eigenvalue weighted by Crippen LogP contribution is -2.48. The number of allylic oxidation sites excluding steroid dienone is 1. The molecule has 2 aromatic carbocycles. The van der Waals surface area contributed by atoms with E-state index in [1.165, 1.54) is 29.5 Å². The largest absolute Gasteiger partial charge is 0.396 e. The average Bonchev–Trinajstić information content (AvgIpc) is 2.70. The number of fused-ring (bicyclic) bond motifs is 1. The van der Waals surface area contributed by atoms with Gasteiger partial charge in [0.25, 0.3) is 0 Å². The van der Waals surface area contributed by atoms with E-state index in [1.807, 2.05) is 36.4 Å². The van der Waals surface area contributed by atoms with Gasteiger partial charge in [0.2, 0.25) is 0 Å². The molecule has 2 nitrogen and oxygen atoms in total. The Morgan fingerprint density at radius 3 is 1.93 bits per heavy atom. The van der Waals surface area contributed by atoms with E-state index in [2.05, 4.69) is 44.2 Å². The molecule has 0 heterocycles. The Labute approximate surface area is 163 Å². The second-order valence-corrected chi connectivity index (χ2v) is 8.26. The third kappa shape index (κ3) is 5.09. The normalized spacial score (nSPS) is 22.1. The first-order valence-electron chi connectivity index (χ1n) is 10.1. The molecule has 0 saturated heterocycles. The van der Waals surface area contributed by atoms with E-state index in [0.29, 0.717) is 25.2 Å². The smallest absolute Gasteiger partial charge is 0.0721 e. The molecule has 2 heteroatoms. The quantitative estimate of drug-likeness (QED) is 0.660. The van der Waals surface area contributed by atoms with Gasteiger partial charge < -0.3 is 9.84 Å². The Morgan fingerprint density at radius 2 is 1.48 bits per heavy atom. The van der Waals surface area contributed by atoms with Crippen molar-refractivity contribution in [3.8, 4) is 0 Å². The highest BCUT2D eigenvalue weighted by Gasteiger charge is 2.50. The number of hydrogen-bond donors (Lipinski definition) is 1. The van der Waals surface area contributed by atoms with Gasteiger partial charge in [-0.1, -0.05) is 86.2 Å². The van der Waals surface area contributed by atoms with Gasteiger partial charge in [0, 0.05) is 6.61 Å². The van der Waals surface area contributed by atoms with Crippen molar-refractivity contribution in [1.29, 1.82) is 0 Å². The Morgan fingerprint density at radius 1 is 0.926 bits per heavy atom. The average molecular weight is 365 g/mol. The van der Waals surface area contributed by atoms with E-state index in [9.17, 15) is 0 Å². The van der Waals surface area contributed by atoms with Crippen molar-refractivity contribution in [3.05, 3.63) is 83.4 Å². The van der Waals surface area contributed by atoms with Crippen molar-refractivity contribution >= 4 is 0 Å². The zero-order valence-electron chi connectivity index (χ0n) is 16.6. The summed E-state index contributed by atoms with van der Waals surface area (Å²) in [5.41, 5.74) is 4.48. The van der Waals surface area contributed by atoms with Gasteiger partial charge >= 0.3 is 0 Å². The number of aliphatic hydroxyl groups is 1. The van der Waals surface area contributed by atoms with Crippen LogP contribution >= 0.6 is 0 Å². The van der Waals surface area contributed by atoms with Gasteiger partial charge in [-0.15, -0.1) is 0 Å². The number of benzene rings is 2. The Balaban J connectivity index is 0.000000159. The summed E-state index contributed by atoms with van der Waals surface area (Å²) in [5, 5.41) is 8.88. The van der Waals surface area contributed by atoms with Crippen LogP contribution in [0.1, 0.15) is 44.2 Å². The molecular weight excluding hydrogens is 332 g/mol. The minimum absolute atomic E-state index is 0.322. The van der Waals surface area contributed by atoms with Crippen LogP contribution in [0.15, 0.2) is 72.3 Å². The molecule has 1 N–H and O–H groups in total. The molecule has 2 aromatic rings. The van der Waals surface area contributed by atoms with E-state index in [1.54, 1.807) is 0 Å². The summed E-state index contributed by atoms with van der Waals surface area (Å²) in [7, 11) is 0. The molecule has 2 atom stereocenters. The van der Waals surface area contributed by atoms with Crippen LogP contribution < -0.4 is 0 Å². The molecule has 2 unspecified atom stereocenters. The van der Waals surface area contributed by atoms with Crippen LogP contribution in [0.3, 0.4) is 0 Å². The Kier molecular flexibility index (Phi) is 6.87. The Hall–Kier alpha value is -1.90. The Bertz CT molecular complexity index is 679. The minimum Gasteiger partial charge on any atom is -0.396 e. The van der Waals surface area contributed by atoms with Crippen molar-refractivity contribution in [2.45, 2.75) is 46.3 Å². The zero-order chi connectivity index (χ0) is 19.1. The van der Waals surface area contributed by atoms with E-state index >= 15 is 0 Å². The monoisotopic (exact) mass is 364 g/mol. The van der Waals surface area contributed by atoms with Gasteiger partial charge in [0.05, 0.1) is 13.2 Å². The molecule has 3 aliphatic carbocycles. The first-order chi connectivity index (χ1) is 13.1. The molecule has 1 fully saturated rings. The SMILES string of the molecule is CC1(C)C2CC=C(CCO)C1C2.c1ccc(COCc2ccccc2)cc1. The molecule has 2 bridgehead atoms. The third-order valence-corrected chi connectivity index (χ3v) is 6.21. The van der Waals surface area contributed by atoms with Crippen LogP contribution in [0.5, 0.6) is 0 Å². The van der Waals surface area contributed by atoms with Crippen molar-refractivity contribution in [1.82, 2.24) is 0 Å². The van der Waals surface area contributed by atoms with E-state index in [-0.39, 0.29) is 0 Å². The van der Waals surface area contributed by atoms with Crippen molar-refractivity contribution in [2.75, 3.05) is 6.61 Å². The number of aliphatic hydroxyl groups excluding tert-OH is 1. The fourth-order valence-electron chi connectivity index (χ4n) is 4.32. The molecular formula is C25H32O2. The molecule has 1 saturated carbocycles. The fraction of sp³-hybridized carbons (Fsp3) is 0.440. The second kappa shape index (κ2) is 9.34. The molecule has 3 aliphatic rings. The van der Waals surface area contributed by atoms with Crippen LogP contribution in [0.2, 0.25) is 0 Å². The van der Waals surface area contributed by atoms with Gasteiger partial charge in [-0.05, 0) is 47.6 Å². The molecule has 0 aliphatic heterocycles. The highest BCUT2D eigenvalue weighted by Crippen LogP contribution is 2.59. The highest BCUT2D eigenvalue weighted by molar-refractivity contribution is 5.23. The maximum Gasteiger partial charge on any atom is 0.0721 e. The highest BCUT2D eigenvalue weighted by atomic mass is 16.5. The maximum atomic E-state index is 8.88. The summed E-state index contributed by atoms with van der Waals surface area (Å²) >= 11 is 0. The molecule has 144 valence electrons. The van der Waals surface area contributed by atoms with Gasteiger partial charge in [-0.2, -0.15) is 0 Å².